The summed E-state index contributed by atoms with van der Waals surface area (Å²) in [7, 11) is 1.61. The number of aryl methyl sites for hydroxylation is 1. The fourth-order valence-corrected chi connectivity index (χ4v) is 3.01. The quantitative estimate of drug-likeness (QED) is 0.795. The molecule has 0 N–H and O–H groups in total. The molecule has 4 rings (SSSR count). The number of fused-ring (bicyclic) bond motifs is 2. The van der Waals surface area contributed by atoms with E-state index in [2.05, 4.69) is 0 Å². The summed E-state index contributed by atoms with van der Waals surface area (Å²) in [6.07, 6.45) is 3.54. The number of benzene rings is 2. The molecule has 0 bridgehead atoms. The molecule has 1 heterocycles. The minimum Gasteiger partial charge on any atom is -0.497 e. The fraction of sp³-hybridized carbons (Fsp3) is 0.211. The Bertz CT molecular complexity index is 820. The van der Waals surface area contributed by atoms with Crippen molar-refractivity contribution in [3.63, 3.8) is 0 Å². The Morgan fingerprint density at radius 3 is 2.78 bits per heavy atom. The third kappa shape index (κ3) is 2.46. The highest BCUT2D eigenvalue weighted by atomic mass is 16.7. The van der Waals surface area contributed by atoms with Gasteiger partial charge in [-0.2, -0.15) is 0 Å². The van der Waals surface area contributed by atoms with Gasteiger partial charge in [0.15, 0.2) is 17.3 Å². The van der Waals surface area contributed by atoms with Gasteiger partial charge in [0.05, 0.1) is 7.11 Å². The molecule has 0 unspecified atom stereocenters. The number of ketones is 1. The van der Waals surface area contributed by atoms with Gasteiger partial charge >= 0.3 is 0 Å². The lowest BCUT2D eigenvalue weighted by atomic mass is 9.86. The lowest BCUT2D eigenvalue weighted by Crippen LogP contribution is -2.14. The summed E-state index contributed by atoms with van der Waals surface area (Å²) >= 11 is 0. The van der Waals surface area contributed by atoms with Crippen molar-refractivity contribution in [2.45, 2.75) is 12.8 Å². The van der Waals surface area contributed by atoms with Gasteiger partial charge in [0.25, 0.3) is 0 Å². The van der Waals surface area contributed by atoms with E-state index in [1.165, 1.54) is 0 Å². The highest BCUT2D eigenvalue weighted by molar-refractivity contribution is 6.13. The van der Waals surface area contributed by atoms with Crippen LogP contribution in [0.1, 0.15) is 27.9 Å². The molecular formula is C19H16O4. The van der Waals surface area contributed by atoms with Crippen LogP contribution in [0.4, 0.5) is 0 Å². The highest BCUT2D eigenvalue weighted by Gasteiger charge is 2.22. The fourth-order valence-electron chi connectivity index (χ4n) is 3.01. The molecular weight excluding hydrogens is 292 g/mol. The van der Waals surface area contributed by atoms with Crippen LogP contribution < -0.4 is 14.2 Å². The van der Waals surface area contributed by atoms with E-state index in [9.17, 15) is 4.79 Å². The van der Waals surface area contributed by atoms with Crippen molar-refractivity contribution in [3.05, 3.63) is 58.7 Å². The number of allylic oxidation sites excluding steroid dienone is 1. The number of methoxy groups -OCH3 is 1. The lowest BCUT2D eigenvalue weighted by Gasteiger charge is -2.18. The summed E-state index contributed by atoms with van der Waals surface area (Å²) in [5.41, 5.74) is 3.58. The Balaban J connectivity index is 1.68. The molecule has 2 aliphatic rings. The van der Waals surface area contributed by atoms with Crippen molar-refractivity contribution >= 4 is 11.9 Å². The Hall–Kier alpha value is -2.75. The summed E-state index contributed by atoms with van der Waals surface area (Å²) in [6, 6.07) is 11.4. The van der Waals surface area contributed by atoms with Crippen LogP contribution in [0.5, 0.6) is 17.2 Å². The molecule has 0 fully saturated rings. The topological polar surface area (TPSA) is 44.8 Å². The first-order chi connectivity index (χ1) is 11.2. The van der Waals surface area contributed by atoms with Crippen molar-refractivity contribution in [1.29, 1.82) is 0 Å². The summed E-state index contributed by atoms with van der Waals surface area (Å²) in [5, 5.41) is 0. The molecule has 0 aromatic heterocycles. The van der Waals surface area contributed by atoms with Gasteiger partial charge in [-0.1, -0.05) is 12.1 Å². The standard InChI is InChI=1S/C19H16O4/c1-21-15-6-5-13-3-4-14(19(20)16(13)10-15)8-12-2-7-17-18(9-12)23-11-22-17/h2,5-10H,3-4,11H2,1H3. The van der Waals surface area contributed by atoms with E-state index in [0.717, 1.165) is 46.6 Å². The van der Waals surface area contributed by atoms with Gasteiger partial charge in [-0.15, -0.1) is 0 Å². The third-order valence-corrected chi connectivity index (χ3v) is 4.25. The summed E-state index contributed by atoms with van der Waals surface area (Å²) < 4.78 is 15.9. The van der Waals surface area contributed by atoms with Crippen LogP contribution in [0, 0.1) is 0 Å². The minimum atomic E-state index is 0.0721. The maximum absolute atomic E-state index is 12.7. The molecule has 0 spiro atoms. The largest absolute Gasteiger partial charge is 0.497 e. The maximum atomic E-state index is 12.7. The first kappa shape index (κ1) is 13.9. The Morgan fingerprint density at radius 2 is 1.91 bits per heavy atom. The number of rotatable bonds is 2. The zero-order valence-corrected chi connectivity index (χ0v) is 12.8. The monoisotopic (exact) mass is 308 g/mol. The zero-order chi connectivity index (χ0) is 15.8. The molecule has 0 atom stereocenters. The first-order valence-corrected chi connectivity index (χ1v) is 7.56. The average molecular weight is 308 g/mol. The molecule has 23 heavy (non-hydrogen) atoms. The van der Waals surface area contributed by atoms with E-state index in [1.54, 1.807) is 7.11 Å². The van der Waals surface area contributed by atoms with Crippen molar-refractivity contribution in [2.75, 3.05) is 13.9 Å². The molecule has 0 saturated carbocycles. The van der Waals surface area contributed by atoms with E-state index in [1.807, 2.05) is 42.5 Å². The normalized spacial score (nSPS) is 17.3. The van der Waals surface area contributed by atoms with E-state index >= 15 is 0 Å². The molecule has 2 aromatic carbocycles. The van der Waals surface area contributed by atoms with E-state index in [0.29, 0.717) is 5.75 Å². The number of carbonyl (C=O) groups is 1. The zero-order valence-electron chi connectivity index (χ0n) is 12.8. The lowest BCUT2D eigenvalue weighted by molar-refractivity contribution is 0.102. The van der Waals surface area contributed by atoms with Gasteiger partial charge in [0.2, 0.25) is 6.79 Å². The van der Waals surface area contributed by atoms with Crippen LogP contribution in [-0.4, -0.2) is 19.7 Å². The molecule has 0 radical (unpaired) electrons. The highest BCUT2D eigenvalue weighted by Crippen LogP contribution is 2.34. The Kier molecular flexibility index (Phi) is 3.30. The number of ether oxygens (including phenoxy) is 3. The number of Topliss-reactive ketones (excluding diaryl/α,β-unsaturated/α-hetero) is 1. The maximum Gasteiger partial charge on any atom is 0.231 e. The molecule has 116 valence electrons. The molecule has 0 amide bonds. The predicted molar refractivity (Wildman–Crippen MR) is 86.2 cm³/mol. The average Bonchev–Trinajstić information content (AvgIpc) is 3.05. The van der Waals surface area contributed by atoms with Gasteiger partial charge < -0.3 is 14.2 Å². The van der Waals surface area contributed by atoms with E-state index < -0.39 is 0 Å². The van der Waals surface area contributed by atoms with Gasteiger partial charge in [-0.05, 0) is 54.3 Å². The predicted octanol–water partition coefficient (Wildman–Crippen LogP) is 3.64. The van der Waals surface area contributed by atoms with Crippen LogP contribution >= 0.6 is 0 Å². The molecule has 1 aliphatic carbocycles. The Labute approximate surface area is 134 Å². The Morgan fingerprint density at radius 1 is 1.04 bits per heavy atom. The van der Waals surface area contributed by atoms with Gasteiger partial charge in [0, 0.05) is 11.1 Å². The third-order valence-electron chi connectivity index (χ3n) is 4.25. The van der Waals surface area contributed by atoms with Crippen molar-refractivity contribution in [1.82, 2.24) is 0 Å². The van der Waals surface area contributed by atoms with Crippen LogP contribution in [0.3, 0.4) is 0 Å². The molecule has 1 aliphatic heterocycles. The SMILES string of the molecule is COc1ccc2c(c1)C(=O)C(=Cc1ccc3c(c1)OCO3)CC2. The van der Waals surface area contributed by atoms with Gasteiger partial charge in [-0.25, -0.2) is 0 Å². The summed E-state index contributed by atoms with van der Waals surface area (Å²) in [4.78, 5) is 12.7. The second-order valence-electron chi connectivity index (χ2n) is 5.63. The van der Waals surface area contributed by atoms with Gasteiger partial charge in [-0.3, -0.25) is 4.79 Å². The van der Waals surface area contributed by atoms with Crippen LogP contribution in [0.15, 0.2) is 42.0 Å². The van der Waals surface area contributed by atoms with E-state index in [-0.39, 0.29) is 12.6 Å². The first-order valence-electron chi connectivity index (χ1n) is 7.56. The molecule has 4 heteroatoms. The second kappa shape index (κ2) is 5.47. The van der Waals surface area contributed by atoms with Crippen LogP contribution in [0.25, 0.3) is 6.08 Å². The van der Waals surface area contributed by atoms with Crippen LogP contribution in [0.2, 0.25) is 0 Å². The smallest absolute Gasteiger partial charge is 0.231 e. The number of hydrogen-bond donors (Lipinski definition) is 0. The molecule has 0 saturated heterocycles. The summed E-state index contributed by atoms with van der Waals surface area (Å²) in [6.45, 7) is 0.251. The summed E-state index contributed by atoms with van der Waals surface area (Å²) in [5.74, 6) is 2.26. The van der Waals surface area contributed by atoms with Gasteiger partial charge in [0.1, 0.15) is 5.75 Å². The van der Waals surface area contributed by atoms with Crippen LogP contribution in [-0.2, 0) is 6.42 Å². The number of hydrogen-bond acceptors (Lipinski definition) is 4. The second-order valence-corrected chi connectivity index (χ2v) is 5.63. The van der Waals surface area contributed by atoms with Crippen molar-refractivity contribution < 1.29 is 19.0 Å². The van der Waals surface area contributed by atoms with Crippen molar-refractivity contribution in [3.8, 4) is 17.2 Å². The molecule has 4 nitrogen and oxygen atoms in total. The number of carbonyl (C=O) groups excluding carboxylic acids is 1. The van der Waals surface area contributed by atoms with Crippen molar-refractivity contribution in [2.24, 2.45) is 0 Å². The molecule has 2 aromatic rings. The minimum absolute atomic E-state index is 0.0721. The van der Waals surface area contributed by atoms with E-state index in [4.69, 9.17) is 14.2 Å².